The minimum atomic E-state index is -0.462. The van der Waals surface area contributed by atoms with Gasteiger partial charge in [-0.1, -0.05) is 42.2 Å². The maximum absolute atomic E-state index is 12.9. The number of aryl methyl sites for hydroxylation is 1. The standard InChI is InChI=1S/C20H16BrNO4S2/c1-12-4-3-5-14(8-12)22-19(24)17(28-20(22)27)10-13-6-7-16(15(21)9-13)26-11-18(23)25-2/h3-10H,11H2,1-2H3/b17-10-. The summed E-state index contributed by atoms with van der Waals surface area (Å²) in [5.74, 6) is -0.103. The van der Waals surface area contributed by atoms with Gasteiger partial charge in [0.1, 0.15) is 5.75 Å². The minimum Gasteiger partial charge on any atom is -0.481 e. The first-order valence-electron chi connectivity index (χ1n) is 8.23. The molecule has 1 aliphatic heterocycles. The molecule has 0 unspecified atom stereocenters. The maximum atomic E-state index is 12.9. The van der Waals surface area contributed by atoms with Crippen molar-refractivity contribution >= 4 is 67.9 Å². The molecule has 1 heterocycles. The van der Waals surface area contributed by atoms with Crippen molar-refractivity contribution in [2.75, 3.05) is 18.6 Å². The van der Waals surface area contributed by atoms with Crippen LogP contribution in [0, 0.1) is 6.92 Å². The van der Waals surface area contributed by atoms with Crippen LogP contribution in [0.4, 0.5) is 5.69 Å². The number of methoxy groups -OCH3 is 1. The van der Waals surface area contributed by atoms with E-state index >= 15 is 0 Å². The second-order valence-corrected chi connectivity index (χ2v) is 8.44. The highest BCUT2D eigenvalue weighted by atomic mass is 79.9. The molecule has 1 saturated heterocycles. The third kappa shape index (κ3) is 4.63. The van der Waals surface area contributed by atoms with E-state index in [1.807, 2.05) is 37.3 Å². The van der Waals surface area contributed by atoms with Crippen molar-refractivity contribution in [1.29, 1.82) is 0 Å². The van der Waals surface area contributed by atoms with Crippen molar-refractivity contribution in [3.63, 3.8) is 0 Å². The van der Waals surface area contributed by atoms with Gasteiger partial charge in [0, 0.05) is 0 Å². The number of carbonyl (C=O) groups is 2. The molecule has 1 amide bonds. The largest absolute Gasteiger partial charge is 0.481 e. The molecule has 8 heteroatoms. The van der Waals surface area contributed by atoms with E-state index in [0.717, 1.165) is 16.8 Å². The minimum absolute atomic E-state index is 0.150. The molecule has 0 saturated carbocycles. The van der Waals surface area contributed by atoms with Crippen LogP contribution in [0.15, 0.2) is 51.8 Å². The average molecular weight is 478 g/mol. The van der Waals surface area contributed by atoms with E-state index in [-0.39, 0.29) is 12.5 Å². The Labute approximate surface area is 180 Å². The summed E-state index contributed by atoms with van der Waals surface area (Å²) in [6.07, 6.45) is 1.78. The number of carbonyl (C=O) groups excluding carboxylic acids is 2. The van der Waals surface area contributed by atoms with Crippen molar-refractivity contribution in [3.8, 4) is 5.75 Å². The van der Waals surface area contributed by atoms with Gasteiger partial charge in [-0.15, -0.1) is 0 Å². The SMILES string of the molecule is COC(=O)COc1ccc(/C=C2\SC(=S)N(c3cccc(C)c3)C2=O)cc1Br. The van der Waals surface area contributed by atoms with Gasteiger partial charge in [-0.25, -0.2) is 4.79 Å². The van der Waals surface area contributed by atoms with E-state index in [1.165, 1.54) is 18.9 Å². The summed E-state index contributed by atoms with van der Waals surface area (Å²) >= 11 is 10.1. The van der Waals surface area contributed by atoms with Crippen LogP contribution in [0.5, 0.6) is 5.75 Å². The van der Waals surface area contributed by atoms with Crippen LogP contribution in [0.1, 0.15) is 11.1 Å². The van der Waals surface area contributed by atoms with Crippen molar-refractivity contribution in [1.82, 2.24) is 0 Å². The Morgan fingerprint density at radius 1 is 1.29 bits per heavy atom. The van der Waals surface area contributed by atoms with Crippen molar-refractivity contribution in [3.05, 3.63) is 63.0 Å². The number of anilines is 1. The summed E-state index contributed by atoms with van der Waals surface area (Å²) in [7, 11) is 1.30. The average Bonchev–Trinajstić information content (AvgIpc) is 2.94. The molecule has 2 aromatic rings. The Bertz CT molecular complexity index is 990. The molecule has 28 heavy (non-hydrogen) atoms. The van der Waals surface area contributed by atoms with Crippen LogP contribution < -0.4 is 9.64 Å². The summed E-state index contributed by atoms with van der Waals surface area (Å²) < 4.78 is 11.1. The third-order valence-corrected chi connectivity index (χ3v) is 5.80. The summed E-state index contributed by atoms with van der Waals surface area (Å²) in [5, 5.41) is 0. The lowest BCUT2D eigenvalue weighted by atomic mass is 10.2. The van der Waals surface area contributed by atoms with Gasteiger partial charge in [0.25, 0.3) is 5.91 Å². The lowest BCUT2D eigenvalue weighted by Crippen LogP contribution is -2.27. The number of benzene rings is 2. The normalized spacial score (nSPS) is 15.2. The van der Waals surface area contributed by atoms with Gasteiger partial charge in [0.15, 0.2) is 10.9 Å². The number of thiocarbonyl (C=S) groups is 1. The van der Waals surface area contributed by atoms with Crippen LogP contribution in [0.25, 0.3) is 6.08 Å². The molecule has 0 atom stereocenters. The number of halogens is 1. The highest BCUT2D eigenvalue weighted by molar-refractivity contribution is 9.10. The zero-order valence-electron chi connectivity index (χ0n) is 15.1. The van der Waals surface area contributed by atoms with Crippen LogP contribution in [-0.2, 0) is 14.3 Å². The first kappa shape index (κ1) is 20.6. The number of nitrogens with zero attached hydrogens (tertiary/aromatic N) is 1. The lowest BCUT2D eigenvalue weighted by molar-refractivity contribution is -0.142. The number of hydrogen-bond acceptors (Lipinski definition) is 6. The zero-order chi connectivity index (χ0) is 20.3. The molecule has 0 spiro atoms. The van der Waals surface area contributed by atoms with Gasteiger partial charge in [-0.3, -0.25) is 9.69 Å². The molecule has 0 radical (unpaired) electrons. The molecule has 0 N–H and O–H groups in total. The maximum Gasteiger partial charge on any atom is 0.343 e. The Balaban J connectivity index is 1.80. The topological polar surface area (TPSA) is 55.8 Å². The molecule has 0 aromatic heterocycles. The summed E-state index contributed by atoms with van der Waals surface area (Å²) in [6, 6.07) is 13.0. The Morgan fingerprint density at radius 3 is 2.75 bits per heavy atom. The van der Waals surface area contributed by atoms with Crippen LogP contribution in [0.2, 0.25) is 0 Å². The van der Waals surface area contributed by atoms with Gasteiger partial charge in [0.2, 0.25) is 0 Å². The molecule has 5 nitrogen and oxygen atoms in total. The molecule has 1 fully saturated rings. The van der Waals surface area contributed by atoms with Crippen LogP contribution >= 0.6 is 39.9 Å². The monoisotopic (exact) mass is 477 g/mol. The Hall–Kier alpha value is -2.16. The molecule has 2 aromatic carbocycles. The lowest BCUT2D eigenvalue weighted by Gasteiger charge is -2.14. The number of hydrogen-bond donors (Lipinski definition) is 0. The van der Waals surface area contributed by atoms with E-state index in [9.17, 15) is 9.59 Å². The number of esters is 1. The van der Waals surface area contributed by atoms with Crippen LogP contribution in [-0.4, -0.2) is 29.9 Å². The first-order chi connectivity index (χ1) is 13.4. The van der Waals surface area contributed by atoms with E-state index in [2.05, 4.69) is 20.7 Å². The zero-order valence-corrected chi connectivity index (χ0v) is 18.3. The van der Waals surface area contributed by atoms with Crippen LogP contribution in [0.3, 0.4) is 0 Å². The fourth-order valence-corrected chi connectivity index (χ4v) is 4.34. The predicted molar refractivity (Wildman–Crippen MR) is 118 cm³/mol. The van der Waals surface area contributed by atoms with E-state index in [0.29, 0.717) is 19.4 Å². The van der Waals surface area contributed by atoms with Crippen molar-refractivity contribution < 1.29 is 19.1 Å². The number of ether oxygens (including phenoxy) is 2. The smallest absolute Gasteiger partial charge is 0.343 e. The highest BCUT2D eigenvalue weighted by Crippen LogP contribution is 2.37. The van der Waals surface area contributed by atoms with E-state index in [4.69, 9.17) is 17.0 Å². The quantitative estimate of drug-likeness (QED) is 0.352. The van der Waals surface area contributed by atoms with Gasteiger partial charge in [-0.05, 0) is 64.3 Å². The van der Waals surface area contributed by atoms with Gasteiger partial charge in [0.05, 0.1) is 22.2 Å². The molecule has 1 aliphatic rings. The third-order valence-electron chi connectivity index (χ3n) is 3.88. The van der Waals surface area contributed by atoms with Crippen molar-refractivity contribution in [2.45, 2.75) is 6.92 Å². The Kier molecular flexibility index (Phi) is 6.53. The first-order valence-corrected chi connectivity index (χ1v) is 10.2. The molecule has 144 valence electrons. The molecular formula is C20H16BrNO4S2. The molecule has 0 bridgehead atoms. The summed E-state index contributed by atoms with van der Waals surface area (Å²) in [6.45, 7) is 1.79. The summed E-state index contributed by atoms with van der Waals surface area (Å²) in [5.41, 5.74) is 2.63. The molecule has 0 aliphatic carbocycles. The summed E-state index contributed by atoms with van der Waals surface area (Å²) in [4.78, 5) is 26.1. The van der Waals surface area contributed by atoms with E-state index in [1.54, 1.807) is 23.1 Å². The predicted octanol–water partition coefficient (Wildman–Crippen LogP) is 4.72. The second-order valence-electron chi connectivity index (χ2n) is 5.91. The molecule has 3 rings (SSSR count). The second kappa shape index (κ2) is 8.89. The number of thioether (sulfide) groups is 1. The molecular weight excluding hydrogens is 462 g/mol. The number of amides is 1. The van der Waals surface area contributed by atoms with E-state index < -0.39 is 5.97 Å². The Morgan fingerprint density at radius 2 is 2.07 bits per heavy atom. The van der Waals surface area contributed by atoms with Gasteiger partial charge in [-0.2, -0.15) is 0 Å². The van der Waals surface area contributed by atoms with Gasteiger partial charge >= 0.3 is 5.97 Å². The fourth-order valence-electron chi connectivity index (χ4n) is 2.53. The number of rotatable bonds is 5. The highest BCUT2D eigenvalue weighted by Gasteiger charge is 2.33. The van der Waals surface area contributed by atoms with Gasteiger partial charge < -0.3 is 9.47 Å². The fraction of sp³-hybridized carbons (Fsp3) is 0.150. The van der Waals surface area contributed by atoms with Crippen molar-refractivity contribution in [2.24, 2.45) is 0 Å².